The van der Waals surface area contributed by atoms with Gasteiger partial charge in [-0.1, -0.05) is 12.2 Å². The maximum Gasteiger partial charge on any atom is 0.355 e. The molecule has 6 nitrogen and oxygen atoms in total. The molecule has 1 aromatic rings. The fourth-order valence-corrected chi connectivity index (χ4v) is 2.27. The van der Waals surface area contributed by atoms with Crippen LogP contribution in [-0.2, 0) is 7.05 Å². The molecule has 1 heterocycles. The molecule has 0 saturated carbocycles. The second-order valence-electron chi connectivity index (χ2n) is 4.74. The zero-order chi connectivity index (χ0) is 13.3. The summed E-state index contributed by atoms with van der Waals surface area (Å²) < 4.78 is 2.69. The van der Waals surface area contributed by atoms with Gasteiger partial charge in [0, 0.05) is 27.2 Å². The Bertz CT molecular complexity index is 583. The summed E-state index contributed by atoms with van der Waals surface area (Å²) in [6, 6.07) is -0.0649. The Kier molecular flexibility index (Phi) is 3.36. The summed E-state index contributed by atoms with van der Waals surface area (Å²) in [5.41, 5.74) is -0.749. The summed E-state index contributed by atoms with van der Waals surface area (Å²) in [6.07, 6.45) is 6.52. The van der Waals surface area contributed by atoms with Crippen molar-refractivity contribution >= 4 is 5.95 Å². The van der Waals surface area contributed by atoms with Crippen molar-refractivity contribution in [2.45, 2.75) is 25.3 Å². The van der Waals surface area contributed by atoms with Crippen LogP contribution in [0, 0.1) is 0 Å². The Labute approximate surface area is 105 Å². The summed E-state index contributed by atoms with van der Waals surface area (Å²) in [5, 5.41) is 0. The first-order valence-corrected chi connectivity index (χ1v) is 6.04. The molecular weight excluding hydrogens is 232 g/mol. The number of hydrogen-bond acceptors (Lipinski definition) is 4. The second kappa shape index (κ2) is 4.80. The number of aromatic nitrogens is 3. The first kappa shape index (κ1) is 12.6. The van der Waals surface area contributed by atoms with E-state index in [1.165, 1.54) is 9.13 Å². The Balaban J connectivity index is 2.56. The van der Waals surface area contributed by atoms with Gasteiger partial charge in [0.2, 0.25) is 5.95 Å². The molecule has 0 amide bonds. The number of allylic oxidation sites excluding steroid dienone is 2. The van der Waals surface area contributed by atoms with Crippen molar-refractivity contribution in [2.24, 2.45) is 7.05 Å². The number of anilines is 1. The molecule has 1 unspecified atom stereocenters. The molecule has 0 spiro atoms. The molecule has 0 N–H and O–H groups in total. The first-order valence-electron chi connectivity index (χ1n) is 6.04. The molecule has 6 heteroatoms. The van der Waals surface area contributed by atoms with E-state index in [0.717, 1.165) is 19.3 Å². The van der Waals surface area contributed by atoms with E-state index < -0.39 is 5.69 Å². The topological polar surface area (TPSA) is 60.1 Å². The molecule has 1 atom stereocenters. The Morgan fingerprint density at radius 1 is 1.33 bits per heavy atom. The van der Waals surface area contributed by atoms with Crippen molar-refractivity contribution in [1.29, 1.82) is 0 Å². The van der Waals surface area contributed by atoms with Crippen LogP contribution in [0.5, 0.6) is 0 Å². The minimum atomic E-state index is -0.456. The van der Waals surface area contributed by atoms with Gasteiger partial charge in [-0.3, -0.25) is 4.57 Å². The monoisotopic (exact) mass is 250 g/mol. The standard InChI is InChI=1S/C12H18N4O2/c1-14(2)10-13-11(17)16(12(18)15(10)3)9-7-5-4-6-8-9/h4-5,9H,6-8H2,1-3H3. The highest BCUT2D eigenvalue weighted by Gasteiger charge is 2.19. The molecule has 1 aliphatic rings. The molecule has 1 aliphatic carbocycles. The van der Waals surface area contributed by atoms with Crippen molar-refractivity contribution in [3.63, 3.8) is 0 Å². The minimum absolute atomic E-state index is 0.0649. The molecular formula is C12H18N4O2. The molecule has 0 aromatic carbocycles. The van der Waals surface area contributed by atoms with Crippen LogP contribution >= 0.6 is 0 Å². The van der Waals surface area contributed by atoms with Gasteiger partial charge in [-0.2, -0.15) is 4.98 Å². The van der Waals surface area contributed by atoms with Crippen LogP contribution in [0.1, 0.15) is 25.3 Å². The highest BCUT2D eigenvalue weighted by Crippen LogP contribution is 2.20. The zero-order valence-corrected chi connectivity index (χ0v) is 11.0. The summed E-state index contributed by atoms with van der Waals surface area (Å²) in [4.78, 5) is 29.9. The fraction of sp³-hybridized carbons (Fsp3) is 0.583. The summed E-state index contributed by atoms with van der Waals surface area (Å²) in [7, 11) is 5.16. The van der Waals surface area contributed by atoms with Crippen LogP contribution in [-0.4, -0.2) is 28.2 Å². The quantitative estimate of drug-likeness (QED) is 0.708. The third-order valence-electron chi connectivity index (χ3n) is 3.20. The number of nitrogens with zero attached hydrogens (tertiary/aromatic N) is 4. The van der Waals surface area contributed by atoms with E-state index in [2.05, 4.69) is 11.1 Å². The average Bonchev–Trinajstić information content (AvgIpc) is 2.35. The maximum atomic E-state index is 12.2. The normalized spacial score (nSPS) is 18.9. The predicted molar refractivity (Wildman–Crippen MR) is 70.1 cm³/mol. The van der Waals surface area contributed by atoms with Crippen LogP contribution in [0.15, 0.2) is 21.7 Å². The van der Waals surface area contributed by atoms with Crippen LogP contribution < -0.4 is 16.3 Å². The molecule has 0 fully saturated rings. The number of hydrogen-bond donors (Lipinski definition) is 0. The van der Waals surface area contributed by atoms with E-state index in [9.17, 15) is 9.59 Å². The van der Waals surface area contributed by atoms with Crippen molar-refractivity contribution in [3.05, 3.63) is 33.1 Å². The SMILES string of the molecule is CN(C)c1nc(=O)n(C2CC=CCC2)c(=O)n1C. The lowest BCUT2D eigenvalue weighted by molar-refractivity contribution is 0.410. The summed E-state index contributed by atoms with van der Waals surface area (Å²) >= 11 is 0. The lowest BCUT2D eigenvalue weighted by atomic mass is 10.0. The molecule has 0 aliphatic heterocycles. The summed E-state index contributed by atoms with van der Waals surface area (Å²) in [5.74, 6) is 0.382. The summed E-state index contributed by atoms with van der Waals surface area (Å²) in [6.45, 7) is 0. The molecule has 98 valence electrons. The van der Waals surface area contributed by atoms with Gasteiger partial charge in [0.15, 0.2) is 0 Å². The largest absolute Gasteiger partial charge is 0.355 e. The Morgan fingerprint density at radius 2 is 2.06 bits per heavy atom. The van der Waals surface area contributed by atoms with E-state index in [1.54, 1.807) is 26.0 Å². The highest BCUT2D eigenvalue weighted by molar-refractivity contribution is 5.25. The van der Waals surface area contributed by atoms with Gasteiger partial charge in [0.05, 0.1) is 0 Å². The first-order chi connectivity index (χ1) is 8.52. The van der Waals surface area contributed by atoms with E-state index in [0.29, 0.717) is 5.95 Å². The van der Waals surface area contributed by atoms with Gasteiger partial charge in [0.25, 0.3) is 0 Å². The highest BCUT2D eigenvalue weighted by atomic mass is 16.2. The van der Waals surface area contributed by atoms with E-state index >= 15 is 0 Å². The van der Waals surface area contributed by atoms with Crippen LogP contribution in [0.25, 0.3) is 0 Å². The second-order valence-corrected chi connectivity index (χ2v) is 4.74. The van der Waals surface area contributed by atoms with Crippen LogP contribution in [0.2, 0.25) is 0 Å². The van der Waals surface area contributed by atoms with Crippen LogP contribution in [0.4, 0.5) is 5.95 Å². The van der Waals surface area contributed by atoms with Gasteiger partial charge >= 0.3 is 11.4 Å². The van der Waals surface area contributed by atoms with Crippen molar-refractivity contribution in [1.82, 2.24) is 14.1 Å². The van der Waals surface area contributed by atoms with Crippen molar-refractivity contribution in [3.8, 4) is 0 Å². The molecule has 18 heavy (non-hydrogen) atoms. The predicted octanol–water partition coefficient (Wildman–Crippen LogP) is 0.289. The Morgan fingerprint density at radius 3 is 2.61 bits per heavy atom. The smallest absolute Gasteiger partial charge is 0.348 e. The Hall–Kier alpha value is -1.85. The van der Waals surface area contributed by atoms with Gasteiger partial charge in [-0.05, 0) is 19.3 Å². The number of rotatable bonds is 2. The lowest BCUT2D eigenvalue weighted by Crippen LogP contribution is -2.45. The van der Waals surface area contributed by atoms with Gasteiger partial charge in [-0.15, -0.1) is 0 Å². The van der Waals surface area contributed by atoms with Gasteiger partial charge < -0.3 is 4.90 Å². The lowest BCUT2D eigenvalue weighted by Gasteiger charge is -2.22. The molecule has 1 aromatic heterocycles. The molecule has 0 saturated heterocycles. The zero-order valence-electron chi connectivity index (χ0n) is 11.0. The molecule has 0 radical (unpaired) electrons. The third kappa shape index (κ3) is 2.10. The van der Waals surface area contributed by atoms with Crippen molar-refractivity contribution in [2.75, 3.05) is 19.0 Å². The maximum absolute atomic E-state index is 12.2. The third-order valence-corrected chi connectivity index (χ3v) is 3.20. The molecule has 0 bridgehead atoms. The van der Waals surface area contributed by atoms with Crippen molar-refractivity contribution < 1.29 is 0 Å². The molecule has 2 rings (SSSR count). The van der Waals surface area contributed by atoms with Gasteiger partial charge in [0.1, 0.15) is 0 Å². The van der Waals surface area contributed by atoms with Crippen LogP contribution in [0.3, 0.4) is 0 Å². The fourth-order valence-electron chi connectivity index (χ4n) is 2.27. The minimum Gasteiger partial charge on any atom is -0.348 e. The van der Waals surface area contributed by atoms with E-state index in [4.69, 9.17) is 0 Å². The average molecular weight is 250 g/mol. The van der Waals surface area contributed by atoms with Gasteiger partial charge in [-0.25, -0.2) is 14.2 Å². The van der Waals surface area contributed by atoms with E-state index in [1.807, 2.05) is 6.08 Å². The van der Waals surface area contributed by atoms with E-state index in [-0.39, 0.29) is 11.7 Å².